The Labute approximate surface area is 109 Å². The Hall–Kier alpha value is -2.08. The molecule has 5 nitrogen and oxygen atoms in total. The van der Waals surface area contributed by atoms with Crippen molar-refractivity contribution in [2.24, 2.45) is 0 Å². The molecule has 1 aromatic carbocycles. The monoisotopic (exact) mass is 263 g/mol. The molecular formula is C12H13N3O2S. The third-order valence-corrected chi connectivity index (χ3v) is 3.05. The van der Waals surface area contributed by atoms with E-state index >= 15 is 0 Å². The summed E-state index contributed by atoms with van der Waals surface area (Å²) in [5, 5.41) is 4.65. The third-order valence-electron chi connectivity index (χ3n) is 2.42. The second kappa shape index (κ2) is 5.50. The van der Waals surface area contributed by atoms with Gasteiger partial charge in [-0.05, 0) is 18.2 Å². The van der Waals surface area contributed by atoms with Gasteiger partial charge in [0.1, 0.15) is 5.75 Å². The van der Waals surface area contributed by atoms with Gasteiger partial charge < -0.3 is 15.8 Å². The van der Waals surface area contributed by atoms with Crippen LogP contribution in [0, 0.1) is 0 Å². The van der Waals surface area contributed by atoms with Crippen LogP contribution in [0.15, 0.2) is 29.1 Å². The van der Waals surface area contributed by atoms with E-state index in [1.54, 1.807) is 30.8 Å². The number of rotatable bonds is 4. The standard InChI is InChI=1S/C12H13N3O2S/c1-17-9-2-3-11(13)10(4-9)12(16)14-5-8-6-18-7-15-8/h2-4,6-7H,5,13H2,1H3,(H,14,16). The van der Waals surface area contributed by atoms with Crippen LogP contribution in [0.3, 0.4) is 0 Å². The fourth-order valence-electron chi connectivity index (χ4n) is 1.45. The van der Waals surface area contributed by atoms with Crippen molar-refractivity contribution in [3.63, 3.8) is 0 Å². The van der Waals surface area contributed by atoms with E-state index in [1.165, 1.54) is 11.3 Å². The van der Waals surface area contributed by atoms with Crippen molar-refractivity contribution in [2.45, 2.75) is 6.54 Å². The van der Waals surface area contributed by atoms with Gasteiger partial charge in [-0.1, -0.05) is 0 Å². The zero-order valence-corrected chi connectivity index (χ0v) is 10.7. The number of methoxy groups -OCH3 is 1. The van der Waals surface area contributed by atoms with Crippen LogP contribution in [-0.4, -0.2) is 18.0 Å². The first-order valence-electron chi connectivity index (χ1n) is 5.29. The van der Waals surface area contributed by atoms with Crippen molar-refractivity contribution in [1.29, 1.82) is 0 Å². The molecule has 0 radical (unpaired) electrons. The molecule has 0 aliphatic rings. The minimum atomic E-state index is -0.237. The molecule has 1 heterocycles. The molecule has 0 fully saturated rings. The Kier molecular flexibility index (Phi) is 3.78. The maximum atomic E-state index is 12.0. The number of carbonyl (C=O) groups is 1. The van der Waals surface area contributed by atoms with Crippen molar-refractivity contribution in [3.05, 3.63) is 40.3 Å². The van der Waals surface area contributed by atoms with Gasteiger partial charge in [0.05, 0.1) is 30.4 Å². The molecule has 0 saturated carbocycles. The average molecular weight is 263 g/mol. The van der Waals surface area contributed by atoms with Gasteiger partial charge in [0.15, 0.2) is 0 Å². The second-order valence-electron chi connectivity index (χ2n) is 3.62. The highest BCUT2D eigenvalue weighted by Crippen LogP contribution is 2.19. The van der Waals surface area contributed by atoms with Crippen LogP contribution >= 0.6 is 11.3 Å². The summed E-state index contributed by atoms with van der Waals surface area (Å²) in [5.41, 5.74) is 9.15. The van der Waals surface area contributed by atoms with Crippen molar-refractivity contribution in [2.75, 3.05) is 12.8 Å². The van der Waals surface area contributed by atoms with Gasteiger partial charge in [0.25, 0.3) is 5.91 Å². The number of nitrogens with one attached hydrogen (secondary N) is 1. The summed E-state index contributed by atoms with van der Waals surface area (Å²) >= 11 is 1.49. The molecule has 18 heavy (non-hydrogen) atoms. The van der Waals surface area contributed by atoms with Crippen LogP contribution in [0.25, 0.3) is 0 Å². The van der Waals surface area contributed by atoms with E-state index in [0.717, 1.165) is 5.69 Å². The highest BCUT2D eigenvalue weighted by Gasteiger charge is 2.11. The molecule has 0 spiro atoms. The highest BCUT2D eigenvalue weighted by molar-refractivity contribution is 7.07. The number of carbonyl (C=O) groups excluding carboxylic acids is 1. The molecule has 94 valence electrons. The molecule has 3 N–H and O–H groups in total. The molecule has 2 rings (SSSR count). The van der Waals surface area contributed by atoms with Gasteiger partial charge in [-0.2, -0.15) is 0 Å². The van der Waals surface area contributed by atoms with Gasteiger partial charge in [0, 0.05) is 11.1 Å². The number of ether oxygens (including phenoxy) is 1. The molecule has 1 aromatic heterocycles. The number of hydrogen-bond acceptors (Lipinski definition) is 5. The highest BCUT2D eigenvalue weighted by atomic mass is 32.1. The number of nitrogens with two attached hydrogens (primary N) is 1. The van der Waals surface area contributed by atoms with E-state index < -0.39 is 0 Å². The molecule has 1 amide bonds. The van der Waals surface area contributed by atoms with Crippen molar-refractivity contribution in [3.8, 4) is 5.75 Å². The number of aromatic nitrogens is 1. The largest absolute Gasteiger partial charge is 0.497 e. The average Bonchev–Trinajstić information content (AvgIpc) is 2.89. The lowest BCUT2D eigenvalue weighted by Crippen LogP contribution is -2.24. The van der Waals surface area contributed by atoms with Gasteiger partial charge in [-0.25, -0.2) is 4.98 Å². The van der Waals surface area contributed by atoms with E-state index in [4.69, 9.17) is 10.5 Å². The van der Waals surface area contributed by atoms with Gasteiger partial charge in [-0.3, -0.25) is 4.79 Å². The molecule has 2 aromatic rings. The van der Waals surface area contributed by atoms with E-state index in [-0.39, 0.29) is 5.91 Å². The fraction of sp³-hybridized carbons (Fsp3) is 0.167. The maximum Gasteiger partial charge on any atom is 0.253 e. The summed E-state index contributed by atoms with van der Waals surface area (Å²) in [6, 6.07) is 4.98. The predicted molar refractivity (Wildman–Crippen MR) is 70.7 cm³/mol. The molecule has 0 atom stereocenters. The lowest BCUT2D eigenvalue weighted by atomic mass is 10.1. The van der Waals surface area contributed by atoms with E-state index in [2.05, 4.69) is 10.3 Å². The first-order chi connectivity index (χ1) is 8.70. The lowest BCUT2D eigenvalue weighted by molar-refractivity contribution is 0.0951. The van der Waals surface area contributed by atoms with Crippen molar-refractivity contribution >= 4 is 22.9 Å². The molecule has 0 unspecified atom stereocenters. The maximum absolute atomic E-state index is 12.0. The lowest BCUT2D eigenvalue weighted by Gasteiger charge is -2.08. The van der Waals surface area contributed by atoms with Crippen molar-refractivity contribution < 1.29 is 9.53 Å². The summed E-state index contributed by atoms with van der Waals surface area (Å²) in [7, 11) is 1.54. The van der Waals surface area contributed by atoms with Crippen LogP contribution in [0.2, 0.25) is 0 Å². The van der Waals surface area contributed by atoms with Crippen LogP contribution in [0.5, 0.6) is 5.75 Å². The second-order valence-corrected chi connectivity index (χ2v) is 4.33. The fourth-order valence-corrected chi connectivity index (χ4v) is 2.01. The Morgan fingerprint density at radius 3 is 3.06 bits per heavy atom. The number of nitrogen functional groups attached to an aromatic ring is 1. The minimum absolute atomic E-state index is 0.237. The SMILES string of the molecule is COc1ccc(N)c(C(=O)NCc2cscn2)c1. The van der Waals surface area contributed by atoms with E-state index in [1.807, 2.05) is 5.38 Å². The molecule has 0 aliphatic carbocycles. The van der Waals surface area contributed by atoms with Gasteiger partial charge in [-0.15, -0.1) is 11.3 Å². The number of amides is 1. The zero-order chi connectivity index (χ0) is 13.0. The predicted octanol–water partition coefficient (Wildman–Crippen LogP) is 1.66. The first kappa shape index (κ1) is 12.4. The molecule has 0 bridgehead atoms. The Morgan fingerprint density at radius 1 is 1.56 bits per heavy atom. The first-order valence-corrected chi connectivity index (χ1v) is 6.24. The summed E-state index contributed by atoms with van der Waals surface area (Å²) < 4.78 is 5.06. The number of nitrogens with zero attached hydrogens (tertiary/aromatic N) is 1. The summed E-state index contributed by atoms with van der Waals surface area (Å²) in [6.45, 7) is 0.388. The topological polar surface area (TPSA) is 77.2 Å². The molecule has 6 heteroatoms. The Balaban J connectivity index is 2.08. The molecule has 0 saturated heterocycles. The van der Waals surface area contributed by atoms with E-state index in [9.17, 15) is 4.79 Å². The summed E-state index contributed by atoms with van der Waals surface area (Å²) in [5.74, 6) is 0.363. The third kappa shape index (κ3) is 2.78. The van der Waals surface area contributed by atoms with Crippen LogP contribution in [0.1, 0.15) is 16.1 Å². The Bertz CT molecular complexity index is 540. The molecular weight excluding hydrogens is 250 g/mol. The number of hydrogen-bond donors (Lipinski definition) is 2. The smallest absolute Gasteiger partial charge is 0.253 e. The summed E-state index contributed by atoms with van der Waals surface area (Å²) in [4.78, 5) is 16.0. The quantitative estimate of drug-likeness (QED) is 0.822. The van der Waals surface area contributed by atoms with Crippen LogP contribution in [-0.2, 0) is 6.54 Å². The minimum Gasteiger partial charge on any atom is -0.497 e. The van der Waals surface area contributed by atoms with Crippen molar-refractivity contribution in [1.82, 2.24) is 10.3 Å². The number of thiazole rings is 1. The molecule has 0 aliphatic heterocycles. The van der Waals surface area contributed by atoms with Crippen LogP contribution < -0.4 is 15.8 Å². The summed E-state index contributed by atoms with van der Waals surface area (Å²) in [6.07, 6.45) is 0. The van der Waals surface area contributed by atoms with Gasteiger partial charge >= 0.3 is 0 Å². The number of benzene rings is 1. The van der Waals surface area contributed by atoms with E-state index in [0.29, 0.717) is 23.5 Å². The number of anilines is 1. The zero-order valence-electron chi connectivity index (χ0n) is 9.84. The van der Waals surface area contributed by atoms with Crippen LogP contribution in [0.4, 0.5) is 5.69 Å². The normalized spacial score (nSPS) is 10.1. The Morgan fingerprint density at radius 2 is 2.39 bits per heavy atom. The van der Waals surface area contributed by atoms with Gasteiger partial charge in [0.2, 0.25) is 0 Å².